The van der Waals surface area contributed by atoms with Crippen molar-refractivity contribution in [3.8, 4) is 0 Å². The second kappa shape index (κ2) is 6.19. The van der Waals surface area contributed by atoms with Crippen LogP contribution in [0.4, 0.5) is 0 Å². The molecule has 2 heteroatoms. The number of aliphatic carboxylic acids is 1. The highest BCUT2D eigenvalue weighted by Gasteiger charge is 1.91. The molecule has 0 saturated heterocycles. The fourth-order valence-corrected chi connectivity index (χ4v) is 0.898. The third-order valence-corrected chi connectivity index (χ3v) is 2.18. The molecule has 0 fully saturated rings. The quantitative estimate of drug-likeness (QED) is 0.746. The molecular formula is C12H18O2. The van der Waals surface area contributed by atoms with Gasteiger partial charge in [0.1, 0.15) is 0 Å². The van der Waals surface area contributed by atoms with Crippen molar-refractivity contribution in [1.29, 1.82) is 0 Å². The molecule has 0 spiro atoms. The molecule has 0 radical (unpaired) electrons. The predicted octanol–water partition coefficient (Wildman–Crippen LogP) is 3.09. The Morgan fingerprint density at radius 2 is 1.57 bits per heavy atom. The van der Waals surface area contributed by atoms with Crippen molar-refractivity contribution in [1.82, 2.24) is 0 Å². The van der Waals surface area contributed by atoms with E-state index in [4.69, 9.17) is 5.11 Å². The predicted molar refractivity (Wildman–Crippen MR) is 58.6 cm³/mol. The van der Waals surface area contributed by atoms with Gasteiger partial charge in [-0.15, -0.1) is 0 Å². The lowest BCUT2D eigenvalue weighted by atomic mass is 10.1. The van der Waals surface area contributed by atoms with Crippen LogP contribution in [0.5, 0.6) is 0 Å². The number of rotatable bonds is 1. The summed E-state index contributed by atoms with van der Waals surface area (Å²) < 4.78 is 0. The van der Waals surface area contributed by atoms with Gasteiger partial charge in [0.2, 0.25) is 0 Å². The first-order valence-corrected chi connectivity index (χ1v) is 4.73. The van der Waals surface area contributed by atoms with E-state index in [0.717, 1.165) is 0 Å². The van der Waals surface area contributed by atoms with E-state index in [1.165, 1.54) is 16.7 Å². The molecule has 0 saturated carbocycles. The molecule has 1 aromatic carbocycles. The van der Waals surface area contributed by atoms with Gasteiger partial charge in [-0.05, 0) is 37.5 Å². The van der Waals surface area contributed by atoms with Crippen LogP contribution >= 0.6 is 0 Å². The van der Waals surface area contributed by atoms with Crippen molar-refractivity contribution in [3.63, 3.8) is 0 Å². The molecule has 0 unspecified atom stereocenters. The number of hydrogen-bond donors (Lipinski definition) is 1. The van der Waals surface area contributed by atoms with Crippen molar-refractivity contribution in [3.05, 3.63) is 34.9 Å². The van der Waals surface area contributed by atoms with Crippen molar-refractivity contribution in [2.75, 3.05) is 0 Å². The first-order valence-electron chi connectivity index (χ1n) is 4.73. The molecule has 2 nitrogen and oxygen atoms in total. The molecule has 0 aliphatic carbocycles. The Morgan fingerprint density at radius 3 is 1.79 bits per heavy atom. The summed E-state index contributed by atoms with van der Waals surface area (Å²) >= 11 is 0. The summed E-state index contributed by atoms with van der Waals surface area (Å²) in [4.78, 5) is 9.37. The zero-order valence-corrected chi connectivity index (χ0v) is 9.29. The van der Waals surface area contributed by atoms with E-state index in [1.807, 2.05) is 0 Å². The topological polar surface area (TPSA) is 37.3 Å². The maximum atomic E-state index is 9.37. The number of aryl methyl sites for hydroxylation is 2. The largest absolute Gasteiger partial charge is 0.481 e. The van der Waals surface area contributed by atoms with E-state index in [-0.39, 0.29) is 6.42 Å². The van der Waals surface area contributed by atoms with Crippen molar-refractivity contribution < 1.29 is 9.90 Å². The Morgan fingerprint density at radius 1 is 1.21 bits per heavy atom. The van der Waals surface area contributed by atoms with E-state index in [2.05, 4.69) is 39.0 Å². The molecular weight excluding hydrogens is 176 g/mol. The molecule has 0 bridgehead atoms. The van der Waals surface area contributed by atoms with Gasteiger partial charge in [0.15, 0.2) is 0 Å². The average molecular weight is 194 g/mol. The Bertz CT molecular complexity index is 283. The van der Waals surface area contributed by atoms with Crippen LogP contribution in [0, 0.1) is 20.8 Å². The molecule has 0 aliphatic heterocycles. The van der Waals surface area contributed by atoms with Gasteiger partial charge in [-0.2, -0.15) is 0 Å². The van der Waals surface area contributed by atoms with Crippen molar-refractivity contribution in [2.45, 2.75) is 34.1 Å². The minimum absolute atomic E-state index is 0.222. The van der Waals surface area contributed by atoms with Crippen LogP contribution < -0.4 is 0 Å². The Balaban J connectivity index is 0.000000292. The van der Waals surface area contributed by atoms with Crippen molar-refractivity contribution >= 4 is 5.97 Å². The Hall–Kier alpha value is -1.31. The molecule has 0 atom stereocenters. The smallest absolute Gasteiger partial charge is 0.303 e. The zero-order valence-electron chi connectivity index (χ0n) is 9.29. The summed E-state index contributed by atoms with van der Waals surface area (Å²) in [7, 11) is 0. The molecule has 0 aromatic heterocycles. The lowest BCUT2D eigenvalue weighted by Gasteiger charge is -2.00. The molecule has 78 valence electrons. The number of carboxylic acids is 1. The van der Waals surface area contributed by atoms with Gasteiger partial charge >= 0.3 is 5.97 Å². The second-order valence-electron chi connectivity index (χ2n) is 3.26. The number of carbonyl (C=O) groups is 1. The molecule has 0 amide bonds. The number of carboxylic acid groups (broad SMARTS) is 1. The second-order valence-corrected chi connectivity index (χ2v) is 3.26. The average Bonchev–Trinajstić information content (AvgIpc) is 2.15. The molecule has 1 N–H and O–H groups in total. The monoisotopic (exact) mass is 194 g/mol. The first-order chi connectivity index (χ1) is 6.49. The minimum Gasteiger partial charge on any atom is -0.481 e. The van der Waals surface area contributed by atoms with Gasteiger partial charge in [-0.3, -0.25) is 4.79 Å². The van der Waals surface area contributed by atoms with E-state index in [0.29, 0.717) is 0 Å². The van der Waals surface area contributed by atoms with E-state index in [1.54, 1.807) is 6.92 Å². The minimum atomic E-state index is -0.745. The van der Waals surface area contributed by atoms with Gasteiger partial charge in [0.05, 0.1) is 0 Å². The maximum Gasteiger partial charge on any atom is 0.303 e. The first kappa shape index (κ1) is 12.7. The number of hydrogen-bond acceptors (Lipinski definition) is 1. The van der Waals surface area contributed by atoms with Crippen LogP contribution in [0.2, 0.25) is 0 Å². The highest BCUT2D eigenvalue weighted by atomic mass is 16.4. The third-order valence-electron chi connectivity index (χ3n) is 2.18. The molecule has 0 aliphatic rings. The SMILES string of the molecule is CCC(=O)O.Cc1cccc(C)c1C. The van der Waals surface area contributed by atoms with Crippen LogP contribution in [0.1, 0.15) is 30.0 Å². The fourth-order valence-electron chi connectivity index (χ4n) is 0.898. The third kappa shape index (κ3) is 4.65. The highest BCUT2D eigenvalue weighted by Crippen LogP contribution is 2.09. The maximum absolute atomic E-state index is 9.37. The van der Waals surface area contributed by atoms with Crippen LogP contribution in [0.3, 0.4) is 0 Å². The molecule has 14 heavy (non-hydrogen) atoms. The van der Waals surface area contributed by atoms with Crippen LogP contribution in [0.15, 0.2) is 18.2 Å². The van der Waals surface area contributed by atoms with Crippen LogP contribution in [-0.2, 0) is 4.79 Å². The lowest BCUT2D eigenvalue weighted by molar-refractivity contribution is -0.136. The zero-order chi connectivity index (χ0) is 11.1. The van der Waals surface area contributed by atoms with Crippen molar-refractivity contribution in [2.24, 2.45) is 0 Å². The van der Waals surface area contributed by atoms with Gasteiger partial charge < -0.3 is 5.11 Å². The summed E-state index contributed by atoms with van der Waals surface area (Å²) in [6, 6.07) is 6.38. The summed E-state index contributed by atoms with van der Waals surface area (Å²) in [5.41, 5.74) is 4.18. The number of benzene rings is 1. The van der Waals surface area contributed by atoms with E-state index >= 15 is 0 Å². The fraction of sp³-hybridized carbons (Fsp3) is 0.417. The standard InChI is InChI=1S/C9H12.C3H6O2/c1-7-5-4-6-8(2)9(7)3;1-2-3(4)5/h4-6H,1-3H3;2H2,1H3,(H,4,5). The van der Waals surface area contributed by atoms with Crippen LogP contribution in [-0.4, -0.2) is 11.1 Å². The normalized spacial score (nSPS) is 8.86. The molecule has 0 heterocycles. The van der Waals surface area contributed by atoms with Crippen LogP contribution in [0.25, 0.3) is 0 Å². The van der Waals surface area contributed by atoms with E-state index in [9.17, 15) is 4.79 Å². The van der Waals surface area contributed by atoms with E-state index < -0.39 is 5.97 Å². The lowest BCUT2D eigenvalue weighted by Crippen LogP contribution is -1.86. The summed E-state index contributed by atoms with van der Waals surface area (Å²) in [6.45, 7) is 8.04. The van der Waals surface area contributed by atoms with Gasteiger partial charge in [0.25, 0.3) is 0 Å². The Kier molecular flexibility index (Phi) is 5.61. The highest BCUT2D eigenvalue weighted by molar-refractivity contribution is 5.66. The summed E-state index contributed by atoms with van der Waals surface area (Å²) in [6.07, 6.45) is 0.222. The summed E-state index contributed by atoms with van der Waals surface area (Å²) in [5.74, 6) is -0.745. The molecule has 1 rings (SSSR count). The van der Waals surface area contributed by atoms with Gasteiger partial charge in [-0.25, -0.2) is 0 Å². The Labute approximate surface area is 85.6 Å². The summed E-state index contributed by atoms with van der Waals surface area (Å²) in [5, 5.41) is 7.72. The van der Waals surface area contributed by atoms with Gasteiger partial charge in [-0.1, -0.05) is 25.1 Å². The van der Waals surface area contributed by atoms with Gasteiger partial charge in [0, 0.05) is 6.42 Å². The molecule has 1 aromatic rings.